The molecule has 5 rings (SSSR count). The highest BCUT2D eigenvalue weighted by atomic mass is 32.1. The summed E-state index contributed by atoms with van der Waals surface area (Å²) in [5.74, 6) is 1.07. The van der Waals surface area contributed by atoms with Gasteiger partial charge in [0.1, 0.15) is 6.10 Å². The average molecular weight is 603 g/mol. The van der Waals surface area contributed by atoms with Gasteiger partial charge in [0, 0.05) is 39.1 Å². The number of nitrogens with one attached hydrogen (secondary N) is 3. The van der Waals surface area contributed by atoms with Gasteiger partial charge in [-0.1, -0.05) is 50.1 Å². The van der Waals surface area contributed by atoms with Crippen LogP contribution >= 0.6 is 24.4 Å². The fourth-order valence-corrected chi connectivity index (χ4v) is 6.57. The lowest BCUT2D eigenvalue weighted by Gasteiger charge is -2.34. The summed E-state index contributed by atoms with van der Waals surface area (Å²) in [6.07, 6.45) is 5.92. The molecule has 42 heavy (non-hydrogen) atoms. The number of rotatable bonds is 11. The number of anilines is 3. The smallest absolute Gasteiger partial charge is 0.198 e. The van der Waals surface area contributed by atoms with Gasteiger partial charge in [-0.05, 0) is 109 Å². The van der Waals surface area contributed by atoms with Crippen LogP contribution in [-0.2, 0) is 4.84 Å². The molecule has 0 saturated heterocycles. The van der Waals surface area contributed by atoms with Crippen molar-refractivity contribution in [2.45, 2.75) is 57.0 Å². The van der Waals surface area contributed by atoms with Gasteiger partial charge in [0.25, 0.3) is 0 Å². The average Bonchev–Trinajstić information content (AvgIpc) is 3.36. The van der Waals surface area contributed by atoms with Crippen molar-refractivity contribution in [2.75, 3.05) is 43.0 Å². The second-order valence-electron chi connectivity index (χ2n) is 11.5. The van der Waals surface area contributed by atoms with Crippen LogP contribution in [0.3, 0.4) is 0 Å². The molecule has 0 amide bonds. The molecule has 4 aromatic rings. The van der Waals surface area contributed by atoms with Crippen molar-refractivity contribution in [3.8, 4) is 5.69 Å². The predicted octanol–water partition coefficient (Wildman–Crippen LogP) is 8.36. The predicted molar refractivity (Wildman–Crippen MR) is 179 cm³/mol. The van der Waals surface area contributed by atoms with E-state index in [1.807, 2.05) is 24.3 Å². The Bertz CT molecular complexity index is 1560. The Kier molecular flexibility index (Phi) is 9.82. The summed E-state index contributed by atoms with van der Waals surface area (Å²) in [5, 5.41) is 5.77. The summed E-state index contributed by atoms with van der Waals surface area (Å²) >= 11 is 10.7. The molecule has 3 unspecified atom stereocenters. The molecule has 9 heteroatoms. The molecule has 7 nitrogen and oxygen atoms in total. The lowest BCUT2D eigenvalue weighted by Crippen LogP contribution is -2.32. The second-order valence-corrected chi connectivity index (χ2v) is 12.2. The highest BCUT2D eigenvalue weighted by molar-refractivity contribution is 7.72. The minimum Gasteiger partial charge on any atom is -0.378 e. The normalized spacial score (nSPS) is 17.5. The lowest BCUT2D eigenvalue weighted by molar-refractivity contribution is 0.102. The van der Waals surface area contributed by atoms with E-state index in [0.29, 0.717) is 21.4 Å². The molecule has 3 atom stereocenters. The Morgan fingerprint density at radius 2 is 1.45 bits per heavy atom. The number of nitrogens with zero attached hydrogens (tertiary/aromatic N) is 3. The van der Waals surface area contributed by atoms with Crippen molar-refractivity contribution < 1.29 is 4.84 Å². The molecule has 0 radical (unpaired) electrons. The van der Waals surface area contributed by atoms with E-state index in [1.54, 1.807) is 4.57 Å². The van der Waals surface area contributed by atoms with E-state index in [4.69, 9.17) is 29.3 Å². The van der Waals surface area contributed by atoms with Crippen LogP contribution in [0.25, 0.3) is 5.69 Å². The molecule has 222 valence electrons. The zero-order chi connectivity index (χ0) is 29.6. The number of hydrogen-bond donors (Lipinski definition) is 3. The van der Waals surface area contributed by atoms with Gasteiger partial charge in [-0.15, -0.1) is 0 Å². The van der Waals surface area contributed by atoms with Gasteiger partial charge in [-0.2, -0.15) is 0 Å². The Morgan fingerprint density at radius 1 is 0.857 bits per heavy atom. The van der Waals surface area contributed by atoms with E-state index in [-0.39, 0.29) is 6.10 Å². The lowest BCUT2D eigenvalue weighted by atomic mass is 9.72. The van der Waals surface area contributed by atoms with Gasteiger partial charge in [-0.3, -0.25) is 25.1 Å². The van der Waals surface area contributed by atoms with Crippen molar-refractivity contribution in [1.29, 1.82) is 0 Å². The first-order valence-corrected chi connectivity index (χ1v) is 15.7. The van der Waals surface area contributed by atoms with Crippen LogP contribution in [0.2, 0.25) is 0 Å². The third kappa shape index (κ3) is 6.97. The van der Waals surface area contributed by atoms with E-state index in [0.717, 1.165) is 24.3 Å². The second kappa shape index (κ2) is 13.7. The fourth-order valence-electron chi connectivity index (χ4n) is 6.02. The first kappa shape index (κ1) is 30.1. The fraction of sp³-hybridized carbons (Fsp3) is 0.394. The van der Waals surface area contributed by atoms with E-state index in [1.165, 1.54) is 48.2 Å². The van der Waals surface area contributed by atoms with Crippen molar-refractivity contribution >= 4 is 41.5 Å². The molecule has 1 aliphatic rings. The Hall–Kier alpha value is -3.40. The molecule has 1 heterocycles. The van der Waals surface area contributed by atoms with Gasteiger partial charge in [-0.25, -0.2) is 0 Å². The van der Waals surface area contributed by atoms with Crippen molar-refractivity contribution in [3.05, 3.63) is 93.5 Å². The highest BCUT2D eigenvalue weighted by Crippen LogP contribution is 2.45. The van der Waals surface area contributed by atoms with Crippen LogP contribution in [0.15, 0.2) is 72.8 Å². The van der Waals surface area contributed by atoms with Crippen LogP contribution in [0.1, 0.15) is 62.0 Å². The Morgan fingerprint density at radius 3 is 2.07 bits per heavy atom. The minimum atomic E-state index is -0.00390. The van der Waals surface area contributed by atoms with Crippen LogP contribution in [0, 0.1) is 9.54 Å². The minimum absolute atomic E-state index is 0.00390. The third-order valence-electron chi connectivity index (χ3n) is 8.38. The van der Waals surface area contributed by atoms with Gasteiger partial charge < -0.3 is 9.80 Å². The summed E-state index contributed by atoms with van der Waals surface area (Å²) in [6.45, 7) is 2.92. The van der Waals surface area contributed by atoms with Gasteiger partial charge in [0.05, 0.1) is 11.4 Å². The van der Waals surface area contributed by atoms with Crippen molar-refractivity contribution in [3.63, 3.8) is 0 Å². The molecule has 0 spiro atoms. The van der Waals surface area contributed by atoms with Crippen molar-refractivity contribution in [2.24, 2.45) is 0 Å². The molecule has 0 aliphatic heterocycles. The number of hydrogen-bond acceptors (Lipinski definition) is 6. The van der Waals surface area contributed by atoms with Crippen LogP contribution in [-0.4, -0.2) is 48.6 Å². The van der Waals surface area contributed by atoms with Gasteiger partial charge in [0.15, 0.2) is 9.54 Å². The molecule has 0 bridgehead atoms. The molecule has 3 aromatic carbocycles. The molecular formula is C33H42N6OS2. The zero-order valence-electron chi connectivity index (χ0n) is 25.0. The van der Waals surface area contributed by atoms with Gasteiger partial charge >= 0.3 is 0 Å². The largest absolute Gasteiger partial charge is 0.378 e. The monoisotopic (exact) mass is 602 g/mol. The summed E-state index contributed by atoms with van der Waals surface area (Å²) in [7, 11) is 6.39. The van der Waals surface area contributed by atoms with Crippen LogP contribution < -0.4 is 15.3 Å². The SMILES string of the molecule is CCC(CN(C)c1cccc(C2CCCCC2c2cccc(N(C)C)c2)c1)ONc1cccc(-n2c(=S)[nH][nH]c2=S)c1. The molecule has 1 fully saturated rings. The maximum absolute atomic E-state index is 6.18. The van der Waals surface area contributed by atoms with E-state index < -0.39 is 0 Å². The topological polar surface area (TPSA) is 64.2 Å². The van der Waals surface area contributed by atoms with Crippen LogP contribution in [0.4, 0.5) is 17.1 Å². The summed E-state index contributed by atoms with van der Waals surface area (Å²) < 4.78 is 2.83. The van der Waals surface area contributed by atoms with Crippen molar-refractivity contribution in [1.82, 2.24) is 14.8 Å². The Balaban J connectivity index is 1.26. The van der Waals surface area contributed by atoms with E-state index in [2.05, 4.69) is 102 Å². The standard InChI is InChI=1S/C33H42N6OS2/c1-5-29(40-36-25-13-10-16-28(21-25)39-32(41)34-35-33(39)42)22-38(4)27-15-9-12-24(20-27)31-18-7-6-17-30(31)23-11-8-14-26(19-23)37(2)3/h8-16,19-21,29-31,36H,5-7,17-18,22H2,1-4H3,(H,34,41)(H,35,42). The summed E-state index contributed by atoms with van der Waals surface area (Å²) in [5.41, 5.74) is 10.3. The first-order valence-electron chi connectivity index (χ1n) is 14.8. The number of aromatic amines is 2. The molecule has 1 saturated carbocycles. The molecular weight excluding hydrogens is 561 g/mol. The molecule has 1 aromatic heterocycles. The summed E-state index contributed by atoms with van der Waals surface area (Å²) in [6, 6.07) is 26.1. The van der Waals surface area contributed by atoms with E-state index >= 15 is 0 Å². The van der Waals surface area contributed by atoms with Gasteiger partial charge in [0.2, 0.25) is 0 Å². The number of H-pyrrole nitrogens is 2. The quantitative estimate of drug-likeness (QED) is 0.118. The van der Waals surface area contributed by atoms with E-state index in [9.17, 15) is 0 Å². The maximum atomic E-state index is 6.18. The Labute approximate surface area is 259 Å². The zero-order valence-corrected chi connectivity index (χ0v) is 26.6. The first-order chi connectivity index (χ1) is 20.3. The third-order valence-corrected chi connectivity index (χ3v) is 8.95. The maximum Gasteiger partial charge on any atom is 0.198 e. The molecule has 3 N–H and O–H groups in total. The number of likely N-dealkylation sites (N-methyl/N-ethyl adjacent to an activating group) is 1. The summed E-state index contributed by atoms with van der Waals surface area (Å²) in [4.78, 5) is 10.7. The van der Waals surface area contributed by atoms with Crippen LogP contribution in [0.5, 0.6) is 0 Å². The number of benzene rings is 3. The highest BCUT2D eigenvalue weighted by Gasteiger charge is 2.28. The number of aromatic nitrogens is 3. The molecule has 1 aliphatic carbocycles.